The largest absolute Gasteiger partial charge is 0.221 e. The number of halogens is 2. The highest BCUT2D eigenvalue weighted by molar-refractivity contribution is 6.42. The molecular formula is C9H7Cl2N3. The van der Waals surface area contributed by atoms with E-state index in [9.17, 15) is 0 Å². The molecule has 0 aliphatic heterocycles. The smallest absolute Gasteiger partial charge is 0.147 e. The first-order chi connectivity index (χ1) is 6.66. The van der Waals surface area contributed by atoms with Crippen LogP contribution in [0.5, 0.6) is 0 Å². The molecule has 3 nitrogen and oxygen atoms in total. The quantitative estimate of drug-likeness (QED) is 0.751. The summed E-state index contributed by atoms with van der Waals surface area (Å²) in [6.45, 7) is 1.83. The van der Waals surface area contributed by atoms with Gasteiger partial charge in [0.15, 0.2) is 0 Å². The maximum absolute atomic E-state index is 5.88. The maximum atomic E-state index is 5.88. The monoisotopic (exact) mass is 227 g/mol. The van der Waals surface area contributed by atoms with Gasteiger partial charge in [-0.1, -0.05) is 23.2 Å². The van der Waals surface area contributed by atoms with E-state index < -0.39 is 0 Å². The van der Waals surface area contributed by atoms with E-state index >= 15 is 0 Å². The van der Waals surface area contributed by atoms with Gasteiger partial charge in [-0.05, 0) is 25.1 Å². The second kappa shape index (κ2) is 3.59. The maximum Gasteiger partial charge on any atom is 0.147 e. The molecule has 0 spiro atoms. The van der Waals surface area contributed by atoms with Crippen molar-refractivity contribution in [3.63, 3.8) is 0 Å². The highest BCUT2D eigenvalue weighted by Gasteiger charge is 2.02. The lowest BCUT2D eigenvalue weighted by atomic mass is 10.3. The zero-order valence-corrected chi connectivity index (χ0v) is 8.92. The fourth-order valence-electron chi connectivity index (χ4n) is 1.10. The van der Waals surface area contributed by atoms with Gasteiger partial charge in [0.2, 0.25) is 0 Å². The Balaban J connectivity index is 2.47. The normalized spacial score (nSPS) is 10.5. The molecule has 72 valence electrons. The van der Waals surface area contributed by atoms with Crippen molar-refractivity contribution in [2.24, 2.45) is 0 Å². The van der Waals surface area contributed by atoms with E-state index in [2.05, 4.69) is 10.1 Å². The fourth-order valence-corrected chi connectivity index (χ4v) is 1.39. The fraction of sp³-hybridized carbons (Fsp3) is 0.111. The van der Waals surface area contributed by atoms with E-state index in [4.69, 9.17) is 23.2 Å². The van der Waals surface area contributed by atoms with E-state index in [-0.39, 0.29) is 0 Å². The number of benzene rings is 1. The zero-order chi connectivity index (χ0) is 10.1. The molecule has 0 aliphatic carbocycles. The summed E-state index contributed by atoms with van der Waals surface area (Å²) < 4.78 is 1.65. The van der Waals surface area contributed by atoms with Gasteiger partial charge >= 0.3 is 0 Å². The molecule has 0 atom stereocenters. The molecule has 0 N–H and O–H groups in total. The van der Waals surface area contributed by atoms with Crippen molar-refractivity contribution in [2.75, 3.05) is 0 Å². The minimum Gasteiger partial charge on any atom is -0.221 e. The lowest BCUT2D eigenvalue weighted by molar-refractivity contribution is 0.863. The van der Waals surface area contributed by atoms with E-state index in [0.29, 0.717) is 10.0 Å². The Morgan fingerprint density at radius 1 is 1.21 bits per heavy atom. The molecular weight excluding hydrogens is 221 g/mol. The van der Waals surface area contributed by atoms with Gasteiger partial charge < -0.3 is 0 Å². The van der Waals surface area contributed by atoms with Crippen LogP contribution in [0.2, 0.25) is 10.0 Å². The van der Waals surface area contributed by atoms with Crippen LogP contribution < -0.4 is 0 Å². The van der Waals surface area contributed by atoms with Crippen LogP contribution in [0.1, 0.15) is 5.82 Å². The Labute approximate surface area is 91.3 Å². The summed E-state index contributed by atoms with van der Waals surface area (Å²) in [6, 6.07) is 5.32. The minimum atomic E-state index is 0.511. The Kier molecular flexibility index (Phi) is 2.44. The molecule has 5 heteroatoms. The lowest BCUT2D eigenvalue weighted by Crippen LogP contribution is -1.94. The third-order valence-electron chi connectivity index (χ3n) is 1.77. The van der Waals surface area contributed by atoms with Crippen molar-refractivity contribution < 1.29 is 0 Å². The van der Waals surface area contributed by atoms with Crippen molar-refractivity contribution in [3.05, 3.63) is 40.4 Å². The number of hydrogen-bond donors (Lipinski definition) is 0. The summed E-state index contributed by atoms with van der Waals surface area (Å²) in [5.41, 5.74) is 0.847. The standard InChI is InChI=1S/C9H7Cl2N3/c1-6-12-5-14(13-6)7-2-3-8(10)9(11)4-7/h2-5H,1H3. The van der Waals surface area contributed by atoms with Crippen LogP contribution in [0, 0.1) is 6.92 Å². The van der Waals surface area contributed by atoms with Gasteiger partial charge in [0.1, 0.15) is 12.2 Å². The second-order valence-electron chi connectivity index (χ2n) is 2.83. The van der Waals surface area contributed by atoms with Crippen molar-refractivity contribution in [1.29, 1.82) is 0 Å². The summed E-state index contributed by atoms with van der Waals surface area (Å²) >= 11 is 11.7. The van der Waals surface area contributed by atoms with Crippen molar-refractivity contribution in [3.8, 4) is 5.69 Å². The summed E-state index contributed by atoms with van der Waals surface area (Å²) in [7, 11) is 0. The number of rotatable bonds is 1. The first-order valence-electron chi connectivity index (χ1n) is 4.00. The SMILES string of the molecule is Cc1ncn(-c2ccc(Cl)c(Cl)c2)n1. The van der Waals surface area contributed by atoms with Gasteiger partial charge in [0, 0.05) is 0 Å². The van der Waals surface area contributed by atoms with Crippen molar-refractivity contribution in [1.82, 2.24) is 14.8 Å². The number of aryl methyl sites for hydroxylation is 1. The lowest BCUT2D eigenvalue weighted by Gasteiger charge is -2.01. The molecule has 1 heterocycles. The summed E-state index contributed by atoms with van der Waals surface area (Å²) in [6.07, 6.45) is 1.63. The molecule has 0 saturated heterocycles. The van der Waals surface area contributed by atoms with Gasteiger partial charge in [-0.15, -0.1) is 0 Å². The van der Waals surface area contributed by atoms with Crippen molar-refractivity contribution >= 4 is 23.2 Å². The van der Waals surface area contributed by atoms with Crippen LogP contribution in [-0.4, -0.2) is 14.8 Å². The topological polar surface area (TPSA) is 30.7 Å². The Bertz CT molecular complexity index is 465. The molecule has 0 aliphatic rings. The molecule has 0 amide bonds. The molecule has 2 rings (SSSR count). The molecule has 1 aromatic carbocycles. The molecule has 0 radical (unpaired) electrons. The number of hydrogen-bond acceptors (Lipinski definition) is 2. The van der Waals surface area contributed by atoms with E-state index in [1.165, 1.54) is 0 Å². The molecule has 0 saturated carbocycles. The molecule has 1 aromatic heterocycles. The van der Waals surface area contributed by atoms with Crippen LogP contribution in [0.3, 0.4) is 0 Å². The molecule has 0 fully saturated rings. The van der Waals surface area contributed by atoms with Gasteiger partial charge in [-0.25, -0.2) is 9.67 Å². The minimum absolute atomic E-state index is 0.511. The molecule has 0 bridgehead atoms. The van der Waals surface area contributed by atoms with E-state index in [1.807, 2.05) is 13.0 Å². The van der Waals surface area contributed by atoms with Gasteiger partial charge in [-0.3, -0.25) is 0 Å². The Hall–Kier alpha value is -1.06. The van der Waals surface area contributed by atoms with Crippen LogP contribution in [0.4, 0.5) is 0 Å². The van der Waals surface area contributed by atoms with Crippen molar-refractivity contribution in [2.45, 2.75) is 6.92 Å². The highest BCUT2D eigenvalue weighted by Crippen LogP contribution is 2.23. The summed E-state index contributed by atoms with van der Waals surface area (Å²) in [5, 5.41) is 5.20. The number of aromatic nitrogens is 3. The molecule has 0 unspecified atom stereocenters. The summed E-state index contributed by atoms with van der Waals surface area (Å²) in [4.78, 5) is 4.02. The van der Waals surface area contributed by atoms with E-state index in [0.717, 1.165) is 11.5 Å². The third-order valence-corrected chi connectivity index (χ3v) is 2.51. The van der Waals surface area contributed by atoms with Gasteiger partial charge in [0.25, 0.3) is 0 Å². The highest BCUT2D eigenvalue weighted by atomic mass is 35.5. The first-order valence-corrected chi connectivity index (χ1v) is 4.76. The Morgan fingerprint density at radius 2 is 2.00 bits per heavy atom. The van der Waals surface area contributed by atoms with Crippen LogP contribution in [-0.2, 0) is 0 Å². The first kappa shape index (κ1) is 9.49. The predicted molar refractivity (Wildman–Crippen MR) is 56.1 cm³/mol. The predicted octanol–water partition coefficient (Wildman–Crippen LogP) is 2.88. The second-order valence-corrected chi connectivity index (χ2v) is 3.65. The van der Waals surface area contributed by atoms with Crippen LogP contribution >= 0.6 is 23.2 Å². The van der Waals surface area contributed by atoms with Gasteiger partial charge in [0.05, 0.1) is 15.7 Å². The molecule has 14 heavy (non-hydrogen) atoms. The average molecular weight is 228 g/mol. The van der Waals surface area contributed by atoms with Crippen LogP contribution in [0.15, 0.2) is 24.5 Å². The third kappa shape index (κ3) is 1.74. The van der Waals surface area contributed by atoms with E-state index in [1.54, 1.807) is 23.1 Å². The van der Waals surface area contributed by atoms with Gasteiger partial charge in [-0.2, -0.15) is 5.10 Å². The van der Waals surface area contributed by atoms with Crippen LogP contribution in [0.25, 0.3) is 5.69 Å². The molecule has 2 aromatic rings. The average Bonchev–Trinajstić information content (AvgIpc) is 2.57. The summed E-state index contributed by atoms with van der Waals surface area (Å²) in [5.74, 6) is 0.719. The number of nitrogens with zero attached hydrogens (tertiary/aromatic N) is 3. The Morgan fingerprint density at radius 3 is 2.57 bits per heavy atom. The zero-order valence-electron chi connectivity index (χ0n) is 7.41.